The zero-order valence-corrected chi connectivity index (χ0v) is 17.0. The lowest BCUT2D eigenvalue weighted by Gasteiger charge is -2.17. The summed E-state index contributed by atoms with van der Waals surface area (Å²) in [6.45, 7) is -0.154. The van der Waals surface area contributed by atoms with E-state index >= 15 is 0 Å². The maximum atomic E-state index is 12.6. The van der Waals surface area contributed by atoms with Crippen LogP contribution in [0.5, 0.6) is 5.75 Å². The first kappa shape index (κ1) is 18.9. The van der Waals surface area contributed by atoms with Crippen LogP contribution in [0.15, 0.2) is 63.8 Å². The quantitative estimate of drug-likeness (QED) is 0.313. The van der Waals surface area contributed by atoms with Gasteiger partial charge < -0.3 is 9.15 Å². The molecule has 30 heavy (non-hydrogen) atoms. The molecule has 4 nitrogen and oxygen atoms in total. The van der Waals surface area contributed by atoms with Crippen molar-refractivity contribution in [3.8, 4) is 5.75 Å². The first-order valence-electron chi connectivity index (χ1n) is 10.0. The van der Waals surface area contributed by atoms with Crippen LogP contribution in [0.3, 0.4) is 0 Å². The molecule has 1 aromatic heterocycles. The molecule has 3 aromatic carbocycles. The Morgan fingerprint density at radius 1 is 0.967 bits per heavy atom. The molecule has 0 amide bonds. The summed E-state index contributed by atoms with van der Waals surface area (Å²) in [5.41, 5.74) is 2.50. The fourth-order valence-electron chi connectivity index (χ4n) is 4.14. The number of carbonyl (C=O) groups excluding carboxylic acids is 1. The van der Waals surface area contributed by atoms with Crippen molar-refractivity contribution in [2.45, 2.75) is 25.7 Å². The highest BCUT2D eigenvalue weighted by atomic mass is 35.5. The number of rotatable bonds is 4. The summed E-state index contributed by atoms with van der Waals surface area (Å²) in [7, 11) is 0. The molecule has 0 N–H and O–H groups in total. The van der Waals surface area contributed by atoms with Gasteiger partial charge in [-0.1, -0.05) is 48.0 Å². The van der Waals surface area contributed by atoms with Gasteiger partial charge in [-0.25, -0.2) is 4.79 Å². The van der Waals surface area contributed by atoms with E-state index in [1.807, 2.05) is 36.4 Å². The van der Waals surface area contributed by atoms with Crippen molar-refractivity contribution in [1.29, 1.82) is 0 Å². The second-order valence-electron chi connectivity index (χ2n) is 7.61. The number of Topliss-reactive ketones (excluding diaryl/α,β-unsaturated/α-hetero) is 1. The molecule has 0 spiro atoms. The number of aryl methyl sites for hydroxylation is 1. The van der Waals surface area contributed by atoms with E-state index in [-0.39, 0.29) is 18.0 Å². The molecule has 1 aliphatic rings. The summed E-state index contributed by atoms with van der Waals surface area (Å²) >= 11 is 6.44. The Morgan fingerprint density at radius 3 is 2.57 bits per heavy atom. The average molecular weight is 419 g/mol. The van der Waals surface area contributed by atoms with E-state index in [0.717, 1.165) is 53.0 Å². The summed E-state index contributed by atoms with van der Waals surface area (Å²) in [6.07, 6.45) is 3.62. The molecule has 0 atom stereocenters. The fourth-order valence-corrected chi connectivity index (χ4v) is 4.36. The number of ketones is 1. The number of hydrogen-bond acceptors (Lipinski definition) is 4. The second kappa shape index (κ2) is 7.62. The molecule has 0 aliphatic heterocycles. The van der Waals surface area contributed by atoms with Crippen molar-refractivity contribution in [2.24, 2.45) is 0 Å². The SMILES string of the molecule is O=C(COc1cc2oc(=O)c3c(c2cc1Cl)CCCC3)c1ccc2ccccc2c1. The van der Waals surface area contributed by atoms with E-state index < -0.39 is 0 Å². The van der Waals surface area contributed by atoms with Crippen molar-refractivity contribution >= 4 is 39.1 Å². The maximum Gasteiger partial charge on any atom is 0.339 e. The van der Waals surface area contributed by atoms with Crippen LogP contribution in [0.25, 0.3) is 21.7 Å². The van der Waals surface area contributed by atoms with Gasteiger partial charge >= 0.3 is 5.63 Å². The highest BCUT2D eigenvalue weighted by Gasteiger charge is 2.20. The van der Waals surface area contributed by atoms with Gasteiger partial charge in [0, 0.05) is 22.6 Å². The molecule has 0 unspecified atom stereocenters. The van der Waals surface area contributed by atoms with Gasteiger partial charge in [0.2, 0.25) is 0 Å². The zero-order chi connectivity index (χ0) is 20.7. The van der Waals surface area contributed by atoms with E-state index in [9.17, 15) is 9.59 Å². The Labute approximate surface area is 178 Å². The van der Waals surface area contributed by atoms with Gasteiger partial charge in [-0.3, -0.25) is 4.79 Å². The standard InChI is InChI=1S/C25H19ClO4/c26-21-12-20-18-7-3-4-8-19(18)25(28)30-23(20)13-24(21)29-14-22(27)17-10-9-15-5-1-2-6-16(15)11-17/h1-2,5-6,9-13H,3-4,7-8,14H2. The summed E-state index contributed by atoms with van der Waals surface area (Å²) in [4.78, 5) is 25.0. The molecule has 0 saturated heterocycles. The lowest BCUT2D eigenvalue weighted by Crippen LogP contribution is -2.16. The molecular weight excluding hydrogens is 400 g/mol. The minimum atomic E-state index is -0.294. The van der Waals surface area contributed by atoms with E-state index in [1.165, 1.54) is 0 Å². The first-order chi connectivity index (χ1) is 14.6. The monoisotopic (exact) mass is 418 g/mol. The molecule has 0 bridgehead atoms. The van der Waals surface area contributed by atoms with Gasteiger partial charge in [0.15, 0.2) is 12.4 Å². The summed E-state index contributed by atoms with van der Waals surface area (Å²) in [5.74, 6) is 0.182. The Kier molecular flexibility index (Phi) is 4.80. The van der Waals surface area contributed by atoms with E-state index in [1.54, 1.807) is 18.2 Å². The number of halogens is 1. The second-order valence-corrected chi connectivity index (χ2v) is 8.01. The van der Waals surface area contributed by atoms with Crippen LogP contribution in [0.4, 0.5) is 0 Å². The third kappa shape index (κ3) is 3.37. The van der Waals surface area contributed by atoms with Gasteiger partial charge in [-0.2, -0.15) is 0 Å². The third-order valence-electron chi connectivity index (χ3n) is 5.71. The Bertz CT molecular complexity index is 1350. The molecule has 0 saturated carbocycles. The Morgan fingerprint density at radius 2 is 1.73 bits per heavy atom. The molecule has 5 rings (SSSR count). The number of carbonyl (C=O) groups is 1. The Balaban J connectivity index is 1.42. The minimum Gasteiger partial charge on any atom is -0.484 e. The number of hydrogen-bond donors (Lipinski definition) is 0. The van der Waals surface area contributed by atoms with Crippen molar-refractivity contribution < 1.29 is 13.9 Å². The van der Waals surface area contributed by atoms with Crippen molar-refractivity contribution in [3.63, 3.8) is 0 Å². The Hall–Kier alpha value is -3.11. The van der Waals surface area contributed by atoms with Crippen molar-refractivity contribution in [1.82, 2.24) is 0 Å². The summed E-state index contributed by atoms with van der Waals surface area (Å²) in [5, 5.41) is 3.32. The van der Waals surface area contributed by atoms with Gasteiger partial charge in [-0.05, 0) is 54.2 Å². The molecular formula is C25H19ClO4. The van der Waals surface area contributed by atoms with Gasteiger partial charge in [0.1, 0.15) is 11.3 Å². The molecule has 4 aromatic rings. The molecule has 150 valence electrons. The highest BCUT2D eigenvalue weighted by Crippen LogP contribution is 2.34. The van der Waals surface area contributed by atoms with Crippen LogP contribution in [0, 0.1) is 0 Å². The summed E-state index contributed by atoms with van der Waals surface area (Å²) < 4.78 is 11.2. The van der Waals surface area contributed by atoms with Crippen LogP contribution >= 0.6 is 11.6 Å². The number of benzene rings is 3. The van der Waals surface area contributed by atoms with Crippen LogP contribution < -0.4 is 10.4 Å². The predicted molar refractivity (Wildman–Crippen MR) is 118 cm³/mol. The highest BCUT2D eigenvalue weighted by molar-refractivity contribution is 6.32. The molecule has 1 aliphatic carbocycles. The smallest absolute Gasteiger partial charge is 0.339 e. The minimum absolute atomic E-state index is 0.149. The lowest BCUT2D eigenvalue weighted by molar-refractivity contribution is 0.0921. The molecule has 0 radical (unpaired) electrons. The van der Waals surface area contributed by atoms with Crippen LogP contribution in [-0.2, 0) is 12.8 Å². The topological polar surface area (TPSA) is 56.5 Å². The largest absolute Gasteiger partial charge is 0.484 e. The van der Waals surface area contributed by atoms with E-state index in [2.05, 4.69) is 0 Å². The number of fused-ring (bicyclic) bond motifs is 4. The van der Waals surface area contributed by atoms with E-state index in [0.29, 0.717) is 21.9 Å². The predicted octanol–water partition coefficient (Wildman–Crippen LogP) is 5.74. The number of ether oxygens (including phenoxy) is 1. The molecule has 5 heteroatoms. The first-order valence-corrected chi connectivity index (χ1v) is 10.4. The normalized spacial score (nSPS) is 13.4. The van der Waals surface area contributed by atoms with Crippen LogP contribution in [0.1, 0.15) is 34.3 Å². The third-order valence-corrected chi connectivity index (χ3v) is 6.00. The maximum absolute atomic E-state index is 12.6. The van der Waals surface area contributed by atoms with Crippen molar-refractivity contribution in [3.05, 3.63) is 86.7 Å². The zero-order valence-electron chi connectivity index (χ0n) is 16.2. The molecule has 1 heterocycles. The van der Waals surface area contributed by atoms with E-state index in [4.69, 9.17) is 20.8 Å². The fraction of sp³-hybridized carbons (Fsp3) is 0.200. The van der Waals surface area contributed by atoms with Crippen LogP contribution in [0.2, 0.25) is 5.02 Å². The van der Waals surface area contributed by atoms with Gasteiger partial charge in [0.05, 0.1) is 5.02 Å². The van der Waals surface area contributed by atoms with Gasteiger partial charge in [-0.15, -0.1) is 0 Å². The summed E-state index contributed by atoms with van der Waals surface area (Å²) in [6, 6.07) is 16.8. The lowest BCUT2D eigenvalue weighted by atomic mass is 9.91. The van der Waals surface area contributed by atoms with Crippen LogP contribution in [-0.4, -0.2) is 12.4 Å². The van der Waals surface area contributed by atoms with Gasteiger partial charge in [0.25, 0.3) is 0 Å². The van der Waals surface area contributed by atoms with Crippen molar-refractivity contribution in [2.75, 3.05) is 6.61 Å². The average Bonchev–Trinajstić information content (AvgIpc) is 2.78. The molecule has 0 fully saturated rings.